The first-order valence-electron chi connectivity index (χ1n) is 5.86. The lowest BCUT2D eigenvalue weighted by Gasteiger charge is -2.11. The summed E-state index contributed by atoms with van der Waals surface area (Å²) in [6.07, 6.45) is 0. The summed E-state index contributed by atoms with van der Waals surface area (Å²) >= 11 is 1.43. The van der Waals surface area contributed by atoms with Crippen molar-refractivity contribution in [3.63, 3.8) is 0 Å². The maximum Gasteiger partial charge on any atom is 0.335 e. The van der Waals surface area contributed by atoms with Gasteiger partial charge in [-0.05, 0) is 18.2 Å². The van der Waals surface area contributed by atoms with Crippen LogP contribution in [0.15, 0.2) is 18.2 Å². The van der Waals surface area contributed by atoms with Crippen molar-refractivity contribution in [3.8, 4) is 5.75 Å². The third-order valence-electron chi connectivity index (χ3n) is 2.39. The van der Waals surface area contributed by atoms with Crippen LogP contribution < -0.4 is 10.1 Å². The van der Waals surface area contributed by atoms with E-state index in [-0.39, 0.29) is 17.2 Å². The van der Waals surface area contributed by atoms with Crippen LogP contribution in [0.4, 0.5) is 5.69 Å². The molecule has 0 heterocycles. The van der Waals surface area contributed by atoms with Gasteiger partial charge in [-0.25, -0.2) is 4.79 Å². The van der Waals surface area contributed by atoms with Crippen molar-refractivity contribution < 1.29 is 24.2 Å². The molecule has 0 saturated carbocycles. The van der Waals surface area contributed by atoms with Crippen molar-refractivity contribution in [1.82, 2.24) is 0 Å². The predicted octanol–water partition coefficient (Wildman–Crippen LogP) is 1.71. The highest BCUT2D eigenvalue weighted by Gasteiger charge is 2.11. The second-order valence-corrected chi connectivity index (χ2v) is 4.92. The topological polar surface area (TPSA) is 84.9 Å². The van der Waals surface area contributed by atoms with Crippen molar-refractivity contribution in [2.45, 2.75) is 0 Å². The lowest BCUT2D eigenvalue weighted by Crippen LogP contribution is -2.16. The molecule has 0 fully saturated rings. The van der Waals surface area contributed by atoms with E-state index in [1.54, 1.807) is 7.11 Å². The fraction of sp³-hybridized carbons (Fsp3) is 0.385. The average molecular weight is 299 g/mol. The third-order valence-corrected chi connectivity index (χ3v) is 3.31. The van der Waals surface area contributed by atoms with Crippen LogP contribution >= 0.6 is 11.8 Å². The van der Waals surface area contributed by atoms with Crippen LogP contribution in [0.25, 0.3) is 0 Å². The molecule has 1 rings (SSSR count). The first-order valence-corrected chi connectivity index (χ1v) is 7.01. The van der Waals surface area contributed by atoms with E-state index >= 15 is 0 Å². The summed E-state index contributed by atoms with van der Waals surface area (Å²) in [5.74, 6) is 0.134. The number of nitrogens with one attached hydrogen (secondary N) is 1. The van der Waals surface area contributed by atoms with E-state index < -0.39 is 5.97 Å². The highest BCUT2D eigenvalue weighted by molar-refractivity contribution is 7.99. The number of hydrogen-bond donors (Lipinski definition) is 2. The number of amides is 1. The zero-order valence-corrected chi connectivity index (χ0v) is 12.2. The van der Waals surface area contributed by atoms with Crippen LogP contribution in [0.3, 0.4) is 0 Å². The highest BCUT2D eigenvalue weighted by atomic mass is 32.2. The molecule has 1 aromatic rings. The smallest absolute Gasteiger partial charge is 0.335 e. The minimum Gasteiger partial charge on any atom is -0.495 e. The van der Waals surface area contributed by atoms with Gasteiger partial charge >= 0.3 is 5.97 Å². The third kappa shape index (κ3) is 5.10. The Labute approximate surface area is 121 Å². The molecule has 110 valence electrons. The molecule has 7 heteroatoms. The number of ether oxygens (including phenoxy) is 2. The molecule has 20 heavy (non-hydrogen) atoms. The quantitative estimate of drug-likeness (QED) is 0.711. The van der Waals surface area contributed by atoms with Crippen molar-refractivity contribution >= 4 is 29.3 Å². The number of carbonyl (C=O) groups excluding carboxylic acids is 1. The van der Waals surface area contributed by atoms with E-state index in [1.165, 1.54) is 37.1 Å². The summed E-state index contributed by atoms with van der Waals surface area (Å²) in [6, 6.07) is 4.31. The van der Waals surface area contributed by atoms with Crippen LogP contribution in [0.5, 0.6) is 5.75 Å². The molecule has 0 unspecified atom stereocenters. The van der Waals surface area contributed by atoms with Gasteiger partial charge in [-0.2, -0.15) is 0 Å². The first kappa shape index (κ1) is 16.3. The van der Waals surface area contributed by atoms with Crippen molar-refractivity contribution in [3.05, 3.63) is 23.8 Å². The second-order valence-electron chi connectivity index (χ2n) is 3.81. The molecular formula is C13H17NO5S. The van der Waals surface area contributed by atoms with Gasteiger partial charge in [0.25, 0.3) is 0 Å². The number of methoxy groups -OCH3 is 2. The van der Waals surface area contributed by atoms with E-state index in [9.17, 15) is 9.59 Å². The standard InChI is InChI=1S/C13H17NO5S/c1-18-5-6-20-8-12(15)14-10-7-9(13(16)17)3-4-11(10)19-2/h3-4,7H,5-6,8H2,1-2H3,(H,14,15)(H,16,17). The van der Waals surface area contributed by atoms with Gasteiger partial charge in [0.1, 0.15) is 5.75 Å². The molecule has 0 atom stereocenters. The minimum atomic E-state index is -1.06. The van der Waals surface area contributed by atoms with Gasteiger partial charge in [-0.15, -0.1) is 11.8 Å². The van der Waals surface area contributed by atoms with Gasteiger partial charge in [-0.3, -0.25) is 4.79 Å². The Balaban J connectivity index is 2.67. The number of rotatable bonds is 8. The molecule has 0 spiro atoms. The summed E-state index contributed by atoms with van der Waals surface area (Å²) in [7, 11) is 3.06. The molecular weight excluding hydrogens is 282 g/mol. The van der Waals surface area contributed by atoms with Crippen LogP contribution in [0, 0.1) is 0 Å². The molecule has 1 amide bonds. The van der Waals surface area contributed by atoms with E-state index in [2.05, 4.69) is 5.32 Å². The lowest BCUT2D eigenvalue weighted by molar-refractivity contribution is -0.113. The van der Waals surface area contributed by atoms with Crippen molar-refractivity contribution in [2.24, 2.45) is 0 Å². The lowest BCUT2D eigenvalue weighted by atomic mass is 10.2. The zero-order valence-electron chi connectivity index (χ0n) is 11.3. The molecule has 1 aromatic carbocycles. The molecule has 2 N–H and O–H groups in total. The Hall–Kier alpha value is -1.73. The average Bonchev–Trinajstić information content (AvgIpc) is 2.43. The molecule has 0 saturated heterocycles. The molecule has 0 radical (unpaired) electrons. The molecule has 0 aliphatic carbocycles. The Kier molecular flexibility index (Phi) is 6.89. The number of carboxylic acid groups (broad SMARTS) is 1. The number of aromatic carboxylic acids is 1. The summed E-state index contributed by atoms with van der Waals surface area (Å²) < 4.78 is 9.97. The summed E-state index contributed by atoms with van der Waals surface area (Å²) in [5.41, 5.74) is 0.442. The Morgan fingerprint density at radius 1 is 1.35 bits per heavy atom. The zero-order chi connectivity index (χ0) is 15.0. The Morgan fingerprint density at radius 3 is 2.70 bits per heavy atom. The number of carboxylic acids is 1. The van der Waals surface area contributed by atoms with E-state index in [0.717, 1.165) is 5.75 Å². The van der Waals surface area contributed by atoms with Gasteiger partial charge in [0.15, 0.2) is 0 Å². The normalized spacial score (nSPS) is 10.1. The summed E-state index contributed by atoms with van der Waals surface area (Å²) in [6.45, 7) is 0.579. The van der Waals surface area contributed by atoms with Crippen LogP contribution in [-0.4, -0.2) is 49.3 Å². The van der Waals surface area contributed by atoms with E-state index in [4.69, 9.17) is 14.6 Å². The SMILES string of the molecule is COCCSCC(=O)Nc1cc(C(=O)O)ccc1OC. The first-order chi connectivity index (χ1) is 9.58. The summed E-state index contributed by atoms with van der Waals surface area (Å²) in [4.78, 5) is 22.7. The molecule has 6 nitrogen and oxygen atoms in total. The number of thioether (sulfide) groups is 1. The number of anilines is 1. The van der Waals surface area contributed by atoms with E-state index in [1.807, 2.05) is 0 Å². The minimum absolute atomic E-state index is 0.0909. The predicted molar refractivity (Wildman–Crippen MR) is 77.8 cm³/mol. The fourth-order valence-corrected chi connectivity index (χ4v) is 2.12. The fourth-order valence-electron chi connectivity index (χ4n) is 1.43. The maximum atomic E-state index is 11.7. The van der Waals surface area contributed by atoms with Gasteiger partial charge in [0, 0.05) is 12.9 Å². The largest absolute Gasteiger partial charge is 0.495 e. The van der Waals surface area contributed by atoms with Gasteiger partial charge < -0.3 is 19.9 Å². The maximum absolute atomic E-state index is 11.7. The molecule has 0 aromatic heterocycles. The molecule has 0 bridgehead atoms. The Morgan fingerprint density at radius 2 is 2.10 bits per heavy atom. The molecule has 0 aliphatic heterocycles. The van der Waals surface area contributed by atoms with Crippen LogP contribution in [0.2, 0.25) is 0 Å². The molecule has 0 aliphatic rings. The monoisotopic (exact) mass is 299 g/mol. The number of carbonyl (C=O) groups is 2. The van der Waals surface area contributed by atoms with Crippen LogP contribution in [0.1, 0.15) is 10.4 Å². The Bertz CT molecular complexity index is 478. The highest BCUT2D eigenvalue weighted by Crippen LogP contribution is 2.25. The number of benzene rings is 1. The number of hydrogen-bond acceptors (Lipinski definition) is 5. The van der Waals surface area contributed by atoms with E-state index in [0.29, 0.717) is 18.0 Å². The van der Waals surface area contributed by atoms with Gasteiger partial charge in [0.05, 0.1) is 30.7 Å². The second kappa shape index (κ2) is 8.44. The van der Waals surface area contributed by atoms with Crippen molar-refractivity contribution in [1.29, 1.82) is 0 Å². The van der Waals surface area contributed by atoms with Gasteiger partial charge in [-0.1, -0.05) is 0 Å². The van der Waals surface area contributed by atoms with Crippen molar-refractivity contribution in [2.75, 3.05) is 37.6 Å². The van der Waals surface area contributed by atoms with Crippen LogP contribution in [-0.2, 0) is 9.53 Å². The summed E-state index contributed by atoms with van der Waals surface area (Å²) in [5, 5.41) is 11.6. The van der Waals surface area contributed by atoms with Gasteiger partial charge in [0.2, 0.25) is 5.91 Å².